The third-order valence-electron chi connectivity index (χ3n) is 5.22. The number of nitrogens with two attached hydrogens (primary N) is 1. The van der Waals surface area contributed by atoms with E-state index in [1.807, 2.05) is 43.3 Å². The van der Waals surface area contributed by atoms with Gasteiger partial charge in [-0.2, -0.15) is 0 Å². The van der Waals surface area contributed by atoms with Gasteiger partial charge in [-0.05, 0) is 49.4 Å². The summed E-state index contributed by atoms with van der Waals surface area (Å²) in [5.74, 6) is -1.50. The zero-order valence-corrected chi connectivity index (χ0v) is 16.3. The average Bonchev–Trinajstić information content (AvgIpc) is 2.82. The molecule has 1 heterocycles. The minimum absolute atomic E-state index is 0.364. The summed E-state index contributed by atoms with van der Waals surface area (Å²) in [7, 11) is 0. The molecule has 29 heavy (non-hydrogen) atoms. The van der Waals surface area contributed by atoms with Crippen LogP contribution in [0.15, 0.2) is 54.6 Å². The fraction of sp³-hybridized carbons (Fsp3) is 0.318. The van der Waals surface area contributed by atoms with Crippen molar-refractivity contribution in [3.05, 3.63) is 65.7 Å². The lowest BCUT2D eigenvalue weighted by Crippen LogP contribution is -2.53. The highest BCUT2D eigenvalue weighted by molar-refractivity contribution is 6.00. The Morgan fingerprint density at radius 2 is 1.86 bits per heavy atom. The normalized spacial score (nSPS) is 19.5. The number of aliphatic carboxylic acids is 1. The number of hydrogen-bond donors (Lipinski definition) is 2. The van der Waals surface area contributed by atoms with Crippen molar-refractivity contribution >= 4 is 23.6 Å². The SMILES string of the molecule is Cc1cccc(N(C(N)=O)C2CCCC(c3ccccc3)N(CC(=O)O)C2=O)c1. The van der Waals surface area contributed by atoms with Gasteiger partial charge in [-0.25, -0.2) is 4.79 Å². The van der Waals surface area contributed by atoms with Crippen molar-refractivity contribution in [2.45, 2.75) is 38.3 Å². The Morgan fingerprint density at radius 3 is 2.48 bits per heavy atom. The highest BCUT2D eigenvalue weighted by atomic mass is 16.4. The first-order chi connectivity index (χ1) is 13.9. The summed E-state index contributed by atoms with van der Waals surface area (Å²) >= 11 is 0. The maximum absolute atomic E-state index is 13.5. The molecule has 152 valence electrons. The van der Waals surface area contributed by atoms with Crippen LogP contribution in [0, 0.1) is 6.92 Å². The van der Waals surface area contributed by atoms with Gasteiger partial charge in [-0.3, -0.25) is 14.5 Å². The molecule has 1 saturated heterocycles. The quantitative estimate of drug-likeness (QED) is 0.812. The van der Waals surface area contributed by atoms with Gasteiger partial charge in [-0.1, -0.05) is 42.5 Å². The molecule has 2 atom stereocenters. The number of carbonyl (C=O) groups excluding carboxylic acids is 2. The summed E-state index contributed by atoms with van der Waals surface area (Å²) in [6.07, 6.45) is 1.68. The van der Waals surface area contributed by atoms with Crippen LogP contribution in [-0.2, 0) is 9.59 Å². The second-order valence-corrected chi connectivity index (χ2v) is 7.28. The number of carboxylic acids is 1. The molecule has 3 rings (SSSR count). The van der Waals surface area contributed by atoms with Gasteiger partial charge in [0, 0.05) is 5.69 Å². The van der Waals surface area contributed by atoms with Gasteiger partial charge in [0.2, 0.25) is 5.91 Å². The van der Waals surface area contributed by atoms with Crippen LogP contribution in [0.25, 0.3) is 0 Å². The Hall–Kier alpha value is -3.35. The molecule has 0 radical (unpaired) electrons. The molecule has 0 saturated carbocycles. The third kappa shape index (κ3) is 4.56. The predicted octanol–water partition coefficient (Wildman–Crippen LogP) is 3.09. The summed E-state index contributed by atoms with van der Waals surface area (Å²) in [5, 5.41) is 9.43. The maximum atomic E-state index is 13.5. The monoisotopic (exact) mass is 395 g/mol. The van der Waals surface area contributed by atoms with E-state index in [1.54, 1.807) is 18.2 Å². The minimum atomic E-state index is -1.10. The van der Waals surface area contributed by atoms with Crippen molar-refractivity contribution < 1.29 is 19.5 Å². The van der Waals surface area contributed by atoms with Crippen LogP contribution in [0.1, 0.15) is 36.4 Å². The molecule has 1 fully saturated rings. The molecule has 3 N–H and O–H groups in total. The number of benzene rings is 2. The van der Waals surface area contributed by atoms with Gasteiger partial charge in [0.05, 0.1) is 6.04 Å². The van der Waals surface area contributed by atoms with Gasteiger partial charge in [0.15, 0.2) is 0 Å². The Bertz CT molecular complexity index is 900. The molecule has 0 aromatic heterocycles. The van der Waals surface area contributed by atoms with E-state index in [4.69, 9.17) is 5.73 Å². The van der Waals surface area contributed by atoms with Crippen molar-refractivity contribution in [2.24, 2.45) is 5.73 Å². The van der Waals surface area contributed by atoms with E-state index < -0.39 is 30.5 Å². The molecule has 2 unspecified atom stereocenters. The van der Waals surface area contributed by atoms with E-state index in [-0.39, 0.29) is 6.04 Å². The molecule has 2 aromatic rings. The standard InChI is InChI=1S/C22H25N3O4/c1-15-7-5-10-17(13-15)25(22(23)29)19-12-6-11-18(16-8-3-2-4-9-16)24(21(19)28)14-20(26)27/h2-5,7-10,13,18-19H,6,11-12,14H2,1H3,(H2,23,29)(H,26,27). The molecule has 3 amide bonds. The number of hydrogen-bond acceptors (Lipinski definition) is 3. The number of rotatable bonds is 5. The second-order valence-electron chi connectivity index (χ2n) is 7.28. The van der Waals surface area contributed by atoms with Gasteiger partial charge in [0.25, 0.3) is 0 Å². The highest BCUT2D eigenvalue weighted by Crippen LogP contribution is 2.33. The van der Waals surface area contributed by atoms with Crippen molar-refractivity contribution in [1.29, 1.82) is 0 Å². The Labute approximate surface area is 169 Å². The third-order valence-corrected chi connectivity index (χ3v) is 5.22. The smallest absolute Gasteiger partial charge is 0.323 e. The van der Waals surface area contributed by atoms with E-state index in [9.17, 15) is 19.5 Å². The van der Waals surface area contributed by atoms with Gasteiger partial charge < -0.3 is 15.7 Å². The Kier molecular flexibility index (Phi) is 6.16. The van der Waals surface area contributed by atoms with E-state index >= 15 is 0 Å². The van der Waals surface area contributed by atoms with Crippen LogP contribution in [-0.4, -0.2) is 40.5 Å². The lowest BCUT2D eigenvalue weighted by molar-refractivity contribution is -0.146. The van der Waals surface area contributed by atoms with Crippen molar-refractivity contribution in [3.63, 3.8) is 0 Å². The number of nitrogens with zero attached hydrogens (tertiary/aromatic N) is 2. The molecule has 1 aliphatic rings. The number of urea groups is 1. The van der Waals surface area contributed by atoms with Crippen LogP contribution in [0.5, 0.6) is 0 Å². The molecule has 1 aliphatic heterocycles. The molecular weight excluding hydrogens is 370 g/mol. The van der Waals surface area contributed by atoms with Crippen LogP contribution >= 0.6 is 0 Å². The maximum Gasteiger partial charge on any atom is 0.323 e. The first kappa shape index (κ1) is 20.4. The van der Waals surface area contributed by atoms with E-state index in [2.05, 4.69) is 0 Å². The summed E-state index contributed by atoms with van der Waals surface area (Å²) in [5.41, 5.74) is 8.00. The predicted molar refractivity (Wildman–Crippen MR) is 109 cm³/mol. The first-order valence-electron chi connectivity index (χ1n) is 9.61. The number of carbonyl (C=O) groups is 3. The Balaban J connectivity index is 2.00. The van der Waals surface area contributed by atoms with Gasteiger partial charge >= 0.3 is 12.0 Å². The fourth-order valence-corrected chi connectivity index (χ4v) is 3.96. The van der Waals surface area contributed by atoms with Crippen LogP contribution < -0.4 is 10.6 Å². The number of likely N-dealkylation sites (tertiary alicyclic amines) is 1. The van der Waals surface area contributed by atoms with Crippen molar-refractivity contribution in [2.75, 3.05) is 11.4 Å². The number of amides is 3. The molecular formula is C22H25N3O4. The van der Waals surface area contributed by atoms with Gasteiger partial charge in [-0.15, -0.1) is 0 Å². The summed E-state index contributed by atoms with van der Waals surface area (Å²) < 4.78 is 0. The van der Waals surface area contributed by atoms with E-state index in [0.29, 0.717) is 24.9 Å². The summed E-state index contributed by atoms with van der Waals surface area (Å²) in [4.78, 5) is 40.0. The molecule has 0 spiro atoms. The molecule has 7 nitrogen and oxygen atoms in total. The lowest BCUT2D eigenvalue weighted by Gasteiger charge is -2.34. The summed E-state index contributed by atoms with van der Waals surface area (Å²) in [6, 6.07) is 14.6. The zero-order chi connectivity index (χ0) is 21.0. The topological polar surface area (TPSA) is 104 Å². The largest absolute Gasteiger partial charge is 0.480 e. The summed E-state index contributed by atoms with van der Waals surface area (Å²) in [6.45, 7) is 1.45. The van der Waals surface area contributed by atoms with E-state index in [1.165, 1.54) is 9.80 Å². The minimum Gasteiger partial charge on any atom is -0.480 e. The Morgan fingerprint density at radius 1 is 1.14 bits per heavy atom. The number of anilines is 1. The zero-order valence-electron chi connectivity index (χ0n) is 16.3. The lowest BCUT2D eigenvalue weighted by atomic mass is 10.0. The van der Waals surface area contributed by atoms with Crippen LogP contribution in [0.2, 0.25) is 0 Å². The molecule has 2 aromatic carbocycles. The highest BCUT2D eigenvalue weighted by Gasteiger charge is 2.39. The fourth-order valence-electron chi connectivity index (χ4n) is 3.96. The van der Waals surface area contributed by atoms with Crippen LogP contribution in [0.3, 0.4) is 0 Å². The molecule has 0 bridgehead atoms. The molecule has 0 aliphatic carbocycles. The second kappa shape index (κ2) is 8.77. The van der Waals surface area contributed by atoms with Crippen molar-refractivity contribution in [1.82, 2.24) is 4.90 Å². The van der Waals surface area contributed by atoms with Gasteiger partial charge in [0.1, 0.15) is 12.6 Å². The average molecular weight is 395 g/mol. The van der Waals surface area contributed by atoms with Crippen LogP contribution in [0.4, 0.5) is 10.5 Å². The first-order valence-corrected chi connectivity index (χ1v) is 9.61. The van der Waals surface area contributed by atoms with Crippen molar-refractivity contribution in [3.8, 4) is 0 Å². The number of carboxylic acid groups (broad SMARTS) is 1. The number of aryl methyl sites for hydroxylation is 1. The molecule has 7 heteroatoms. The van der Waals surface area contributed by atoms with E-state index in [0.717, 1.165) is 11.1 Å². The number of primary amides is 1.